The number of hydrogen-bond donors (Lipinski definition) is 2. The summed E-state index contributed by atoms with van der Waals surface area (Å²) < 4.78 is 34.7. The molecule has 2 unspecified atom stereocenters. The van der Waals surface area contributed by atoms with Gasteiger partial charge in [0.15, 0.2) is 0 Å². The summed E-state index contributed by atoms with van der Waals surface area (Å²) >= 11 is 6.16. The van der Waals surface area contributed by atoms with Gasteiger partial charge in [0.1, 0.15) is 17.7 Å². The molecule has 2 heterocycles. The minimum absolute atomic E-state index is 0.158. The molecule has 0 spiro atoms. The van der Waals surface area contributed by atoms with Crippen LogP contribution in [0.5, 0.6) is 0 Å². The van der Waals surface area contributed by atoms with Crippen LogP contribution in [0.3, 0.4) is 0 Å². The first-order valence-electron chi connectivity index (χ1n) is 17.6. The number of ether oxygens (including phenoxy) is 1. The van der Waals surface area contributed by atoms with Crippen LogP contribution in [0.25, 0.3) is 0 Å². The number of nitrogens with one attached hydrogen (secondary N) is 2. The van der Waals surface area contributed by atoms with E-state index in [1.54, 1.807) is 68.1 Å². The second kappa shape index (κ2) is 15.9. The van der Waals surface area contributed by atoms with Crippen molar-refractivity contribution in [3.63, 3.8) is 0 Å². The summed E-state index contributed by atoms with van der Waals surface area (Å²) in [6, 6.07) is 28.3. The number of sulfonamides is 1. The standard InChI is InChI=1S/C40H44ClN5O6S/c1-40(2,3)52-39(49)46-27-30-12-8-7-11-29(30)26-36(46)37(47)42-34(25-28-17-19-31(41)20-18-28)38(48)45-23-21-44(22-24-45)35-16-10-9-15-33(35)43-53(50,51)32-13-5-4-6-14-32/h4-20,34,36,43H,21-27H2,1-3H3,(H,42,47). The number of nitrogens with zero attached hydrogens (tertiary/aromatic N) is 3. The fourth-order valence-corrected chi connectivity index (χ4v) is 7.84. The molecule has 4 aromatic rings. The Morgan fingerprint density at radius 3 is 2.13 bits per heavy atom. The molecule has 11 nitrogen and oxygen atoms in total. The predicted octanol–water partition coefficient (Wildman–Crippen LogP) is 5.88. The summed E-state index contributed by atoms with van der Waals surface area (Å²) in [5.74, 6) is -0.706. The van der Waals surface area contributed by atoms with Gasteiger partial charge >= 0.3 is 6.09 Å². The molecule has 13 heteroatoms. The van der Waals surface area contributed by atoms with Crippen molar-refractivity contribution in [3.05, 3.63) is 125 Å². The molecule has 2 aliphatic rings. The number of hydrogen-bond acceptors (Lipinski definition) is 7. The molecule has 3 amide bonds. The van der Waals surface area contributed by atoms with E-state index in [1.165, 1.54) is 17.0 Å². The smallest absolute Gasteiger partial charge is 0.411 e. The molecule has 0 bridgehead atoms. The van der Waals surface area contributed by atoms with Crippen LogP contribution in [0, 0.1) is 0 Å². The molecular formula is C40H44ClN5O6S. The van der Waals surface area contributed by atoms with E-state index in [0.29, 0.717) is 42.6 Å². The van der Waals surface area contributed by atoms with Crippen molar-refractivity contribution in [2.45, 2.75) is 62.7 Å². The third kappa shape index (κ3) is 9.30. The average Bonchev–Trinajstić information content (AvgIpc) is 3.14. The number of amides is 3. The lowest BCUT2D eigenvalue weighted by Crippen LogP contribution is -2.59. The number of carbonyl (C=O) groups is 3. The first kappa shape index (κ1) is 37.7. The van der Waals surface area contributed by atoms with E-state index in [0.717, 1.165) is 16.7 Å². The van der Waals surface area contributed by atoms with Crippen molar-refractivity contribution in [1.29, 1.82) is 0 Å². The Morgan fingerprint density at radius 1 is 0.830 bits per heavy atom. The van der Waals surface area contributed by atoms with Crippen molar-refractivity contribution in [2.75, 3.05) is 35.8 Å². The molecule has 2 N–H and O–H groups in total. The normalized spacial score (nSPS) is 16.7. The van der Waals surface area contributed by atoms with Gasteiger partial charge in [0, 0.05) is 44.0 Å². The fourth-order valence-electron chi connectivity index (χ4n) is 6.62. The van der Waals surface area contributed by atoms with E-state index in [1.807, 2.05) is 53.4 Å². The van der Waals surface area contributed by atoms with E-state index in [4.69, 9.17) is 16.3 Å². The van der Waals surface area contributed by atoms with Crippen molar-refractivity contribution in [3.8, 4) is 0 Å². The molecule has 2 atom stereocenters. The highest BCUT2D eigenvalue weighted by Gasteiger charge is 2.39. The summed E-state index contributed by atoms with van der Waals surface area (Å²) in [5.41, 5.74) is 3.07. The number of rotatable bonds is 9. The quantitative estimate of drug-likeness (QED) is 0.218. The SMILES string of the molecule is CC(C)(C)OC(=O)N1Cc2ccccc2CC1C(=O)NC(Cc1ccc(Cl)cc1)C(=O)N1CCN(c2ccccc2NS(=O)(=O)c2ccccc2)CC1. The van der Waals surface area contributed by atoms with Crippen LogP contribution in [-0.2, 0) is 43.7 Å². The fraction of sp³-hybridized carbons (Fsp3) is 0.325. The number of fused-ring (bicyclic) bond motifs is 1. The van der Waals surface area contributed by atoms with Crippen LogP contribution < -0.4 is 14.9 Å². The molecule has 278 valence electrons. The van der Waals surface area contributed by atoms with Gasteiger partial charge < -0.3 is 19.9 Å². The maximum absolute atomic E-state index is 14.3. The van der Waals surface area contributed by atoms with E-state index in [9.17, 15) is 22.8 Å². The average molecular weight is 758 g/mol. The summed E-state index contributed by atoms with van der Waals surface area (Å²) in [6.07, 6.45) is -0.119. The summed E-state index contributed by atoms with van der Waals surface area (Å²) in [5, 5.41) is 3.57. The van der Waals surface area contributed by atoms with Crippen LogP contribution in [0.4, 0.5) is 16.2 Å². The lowest BCUT2D eigenvalue weighted by atomic mass is 9.93. The minimum atomic E-state index is -3.82. The molecule has 1 saturated heterocycles. The molecule has 0 aliphatic carbocycles. The van der Waals surface area contributed by atoms with Crippen molar-refractivity contribution in [2.24, 2.45) is 0 Å². The molecular weight excluding hydrogens is 714 g/mol. The maximum Gasteiger partial charge on any atom is 0.411 e. The number of carbonyl (C=O) groups excluding carboxylic acids is 3. The highest BCUT2D eigenvalue weighted by molar-refractivity contribution is 7.92. The number of para-hydroxylation sites is 2. The molecule has 1 fully saturated rings. The lowest BCUT2D eigenvalue weighted by molar-refractivity contribution is -0.138. The Hall–Kier alpha value is -5.07. The number of anilines is 2. The number of piperazine rings is 1. The Morgan fingerprint density at radius 2 is 1.45 bits per heavy atom. The lowest BCUT2D eigenvalue weighted by Gasteiger charge is -2.39. The Bertz CT molecular complexity index is 2050. The summed E-state index contributed by atoms with van der Waals surface area (Å²) in [6.45, 7) is 7.08. The van der Waals surface area contributed by atoms with Crippen LogP contribution in [0.15, 0.2) is 108 Å². The van der Waals surface area contributed by atoms with Gasteiger partial charge in [-0.2, -0.15) is 0 Å². The monoisotopic (exact) mass is 757 g/mol. The minimum Gasteiger partial charge on any atom is -0.444 e. The first-order valence-corrected chi connectivity index (χ1v) is 19.5. The Balaban J connectivity index is 1.19. The number of benzene rings is 4. The molecule has 0 aromatic heterocycles. The van der Waals surface area contributed by atoms with E-state index in [2.05, 4.69) is 10.0 Å². The van der Waals surface area contributed by atoms with Crippen molar-refractivity contribution < 1.29 is 27.5 Å². The highest BCUT2D eigenvalue weighted by atomic mass is 35.5. The summed E-state index contributed by atoms with van der Waals surface area (Å²) in [4.78, 5) is 47.3. The second-order valence-electron chi connectivity index (χ2n) is 14.2. The molecule has 6 rings (SSSR count). The van der Waals surface area contributed by atoms with Crippen LogP contribution in [-0.4, -0.2) is 80.0 Å². The Labute approximate surface area is 315 Å². The second-order valence-corrected chi connectivity index (χ2v) is 16.4. The van der Waals surface area contributed by atoms with Gasteiger partial charge in [-0.3, -0.25) is 19.2 Å². The molecule has 0 saturated carbocycles. The third-order valence-electron chi connectivity index (χ3n) is 9.28. The summed E-state index contributed by atoms with van der Waals surface area (Å²) in [7, 11) is -3.82. The zero-order chi connectivity index (χ0) is 37.8. The van der Waals surface area contributed by atoms with Gasteiger partial charge in [0.25, 0.3) is 10.0 Å². The van der Waals surface area contributed by atoms with E-state index >= 15 is 0 Å². The van der Waals surface area contributed by atoms with Gasteiger partial charge in [-0.05, 0) is 73.9 Å². The van der Waals surface area contributed by atoms with Gasteiger partial charge in [-0.25, -0.2) is 13.2 Å². The molecule has 4 aromatic carbocycles. The first-order chi connectivity index (χ1) is 25.3. The third-order valence-corrected chi connectivity index (χ3v) is 10.9. The van der Waals surface area contributed by atoms with Gasteiger partial charge in [-0.1, -0.05) is 78.3 Å². The van der Waals surface area contributed by atoms with E-state index < -0.39 is 39.7 Å². The van der Waals surface area contributed by atoms with Gasteiger partial charge in [0.05, 0.1) is 22.8 Å². The zero-order valence-corrected chi connectivity index (χ0v) is 31.6. The molecule has 53 heavy (non-hydrogen) atoms. The van der Waals surface area contributed by atoms with Crippen molar-refractivity contribution >= 4 is 50.9 Å². The highest BCUT2D eigenvalue weighted by Crippen LogP contribution is 2.30. The largest absolute Gasteiger partial charge is 0.444 e. The number of halogens is 1. The van der Waals surface area contributed by atoms with E-state index in [-0.39, 0.29) is 30.2 Å². The zero-order valence-electron chi connectivity index (χ0n) is 30.0. The van der Waals surface area contributed by atoms with Crippen LogP contribution in [0.1, 0.15) is 37.5 Å². The van der Waals surface area contributed by atoms with Crippen LogP contribution in [0.2, 0.25) is 5.02 Å². The topological polar surface area (TPSA) is 128 Å². The van der Waals surface area contributed by atoms with Gasteiger partial charge in [0.2, 0.25) is 11.8 Å². The van der Waals surface area contributed by atoms with Crippen LogP contribution >= 0.6 is 11.6 Å². The molecule has 0 radical (unpaired) electrons. The predicted molar refractivity (Wildman–Crippen MR) is 205 cm³/mol. The Kier molecular flexibility index (Phi) is 11.3. The molecule has 2 aliphatic heterocycles. The maximum atomic E-state index is 14.3. The van der Waals surface area contributed by atoms with Gasteiger partial charge in [-0.15, -0.1) is 0 Å². The van der Waals surface area contributed by atoms with Crippen molar-refractivity contribution in [1.82, 2.24) is 15.1 Å².